The Bertz CT molecular complexity index is 458. The molecule has 0 bridgehead atoms. The summed E-state index contributed by atoms with van der Waals surface area (Å²) in [7, 11) is 1.55. The van der Waals surface area contributed by atoms with Gasteiger partial charge in [0.15, 0.2) is 0 Å². The molecule has 0 saturated heterocycles. The third-order valence-corrected chi connectivity index (χ3v) is 2.83. The van der Waals surface area contributed by atoms with Crippen molar-refractivity contribution in [2.24, 2.45) is 5.73 Å². The summed E-state index contributed by atoms with van der Waals surface area (Å²) in [6.07, 6.45) is -1.27. The van der Waals surface area contributed by atoms with Crippen LogP contribution in [0.1, 0.15) is 32.5 Å². The lowest BCUT2D eigenvalue weighted by Gasteiger charge is -2.23. The summed E-state index contributed by atoms with van der Waals surface area (Å²) in [6, 6.07) is 5.44. The standard InChI is InChI=1S/C13H19BrN2O3/c1-13(2,3)19-12(17)16-11(15)8-6-5-7-9(14)10(8)18-4/h5-7,11H,15H2,1-4H3,(H,16,17)/t11-/m0/s1. The number of nitrogens with two attached hydrogens (primary N) is 1. The fraction of sp³-hybridized carbons (Fsp3) is 0.462. The fourth-order valence-corrected chi connectivity index (χ4v) is 2.04. The maximum absolute atomic E-state index is 11.7. The Morgan fingerprint density at radius 3 is 2.58 bits per heavy atom. The van der Waals surface area contributed by atoms with E-state index in [4.69, 9.17) is 15.2 Å². The number of hydrogen-bond acceptors (Lipinski definition) is 4. The Kier molecular flexibility index (Phi) is 5.20. The molecule has 3 N–H and O–H groups in total. The molecular weight excluding hydrogens is 312 g/mol. The number of nitrogens with one attached hydrogen (secondary N) is 1. The number of carbonyl (C=O) groups excluding carboxylic acids is 1. The van der Waals surface area contributed by atoms with E-state index >= 15 is 0 Å². The van der Waals surface area contributed by atoms with Gasteiger partial charge in [-0.3, -0.25) is 0 Å². The van der Waals surface area contributed by atoms with Crippen molar-refractivity contribution in [1.82, 2.24) is 5.32 Å². The minimum absolute atomic E-state index is 0.564. The second-order valence-corrected chi connectivity index (χ2v) is 5.84. The lowest BCUT2D eigenvalue weighted by molar-refractivity contribution is 0.0504. The van der Waals surface area contributed by atoms with Crippen LogP contribution in [0.2, 0.25) is 0 Å². The van der Waals surface area contributed by atoms with Crippen LogP contribution >= 0.6 is 15.9 Å². The van der Waals surface area contributed by atoms with Crippen molar-refractivity contribution in [1.29, 1.82) is 0 Å². The Hall–Kier alpha value is -1.27. The number of rotatable bonds is 3. The van der Waals surface area contributed by atoms with Crippen LogP contribution in [0.15, 0.2) is 22.7 Å². The fourth-order valence-electron chi connectivity index (χ4n) is 1.50. The second kappa shape index (κ2) is 6.25. The number of benzene rings is 1. The highest BCUT2D eigenvalue weighted by Gasteiger charge is 2.20. The minimum Gasteiger partial charge on any atom is -0.495 e. The first-order chi connectivity index (χ1) is 8.74. The quantitative estimate of drug-likeness (QED) is 0.835. The van der Waals surface area contributed by atoms with Gasteiger partial charge in [0.2, 0.25) is 0 Å². The predicted octanol–water partition coefficient (Wildman–Crippen LogP) is 2.94. The van der Waals surface area contributed by atoms with Gasteiger partial charge in [-0.05, 0) is 42.8 Å². The normalized spacial score (nSPS) is 12.7. The van der Waals surface area contributed by atoms with Gasteiger partial charge in [0.25, 0.3) is 0 Å². The number of alkyl carbamates (subject to hydrolysis) is 1. The van der Waals surface area contributed by atoms with Gasteiger partial charge in [0, 0.05) is 5.56 Å². The zero-order chi connectivity index (χ0) is 14.6. The second-order valence-electron chi connectivity index (χ2n) is 4.99. The van der Waals surface area contributed by atoms with Gasteiger partial charge in [0.1, 0.15) is 17.5 Å². The molecule has 5 nitrogen and oxygen atoms in total. The van der Waals surface area contributed by atoms with Gasteiger partial charge in [-0.1, -0.05) is 12.1 Å². The lowest BCUT2D eigenvalue weighted by Crippen LogP contribution is -2.38. The topological polar surface area (TPSA) is 73.6 Å². The zero-order valence-corrected chi connectivity index (χ0v) is 13.1. The van der Waals surface area contributed by atoms with E-state index in [1.54, 1.807) is 33.9 Å². The molecule has 0 heterocycles. The Balaban J connectivity index is 2.81. The summed E-state index contributed by atoms with van der Waals surface area (Å²) in [5, 5.41) is 2.57. The first-order valence-electron chi connectivity index (χ1n) is 5.82. The van der Waals surface area contributed by atoms with E-state index in [1.807, 2.05) is 12.1 Å². The number of methoxy groups -OCH3 is 1. The molecule has 0 fully saturated rings. The number of halogens is 1. The summed E-state index contributed by atoms with van der Waals surface area (Å²) in [4.78, 5) is 11.7. The molecule has 0 aliphatic rings. The largest absolute Gasteiger partial charge is 0.495 e. The SMILES string of the molecule is COc1c(Br)cccc1[C@@H](N)NC(=O)OC(C)(C)C. The van der Waals surface area contributed by atoms with E-state index in [9.17, 15) is 4.79 Å². The van der Waals surface area contributed by atoms with Gasteiger partial charge >= 0.3 is 6.09 Å². The van der Waals surface area contributed by atoms with E-state index in [-0.39, 0.29) is 0 Å². The lowest BCUT2D eigenvalue weighted by atomic mass is 10.1. The molecule has 0 spiro atoms. The highest BCUT2D eigenvalue weighted by atomic mass is 79.9. The molecule has 1 rings (SSSR count). The number of hydrogen-bond donors (Lipinski definition) is 2. The van der Waals surface area contributed by atoms with Crippen LogP contribution < -0.4 is 15.8 Å². The summed E-state index contributed by atoms with van der Waals surface area (Å²) in [5.74, 6) is 0.589. The van der Waals surface area contributed by atoms with Crippen molar-refractivity contribution < 1.29 is 14.3 Å². The monoisotopic (exact) mass is 330 g/mol. The molecule has 0 aliphatic carbocycles. The van der Waals surface area contributed by atoms with Crippen LogP contribution in [0.4, 0.5) is 4.79 Å². The predicted molar refractivity (Wildman–Crippen MR) is 77.0 cm³/mol. The van der Waals surface area contributed by atoms with Crippen LogP contribution in [-0.4, -0.2) is 18.8 Å². The average Bonchev–Trinajstić information content (AvgIpc) is 2.25. The molecule has 1 atom stereocenters. The first kappa shape index (κ1) is 15.8. The molecule has 106 valence electrons. The molecule has 19 heavy (non-hydrogen) atoms. The van der Waals surface area contributed by atoms with Crippen molar-refractivity contribution in [3.05, 3.63) is 28.2 Å². The summed E-state index contributed by atoms with van der Waals surface area (Å²) >= 11 is 3.37. The summed E-state index contributed by atoms with van der Waals surface area (Å²) < 4.78 is 11.2. The third-order valence-electron chi connectivity index (χ3n) is 2.21. The summed E-state index contributed by atoms with van der Waals surface area (Å²) in [5.41, 5.74) is 6.05. The molecule has 1 aromatic carbocycles. The third kappa shape index (κ3) is 4.72. The number of carbonyl (C=O) groups is 1. The van der Waals surface area contributed by atoms with Gasteiger partial charge in [-0.2, -0.15) is 0 Å². The van der Waals surface area contributed by atoms with Crippen molar-refractivity contribution in [3.63, 3.8) is 0 Å². The van der Waals surface area contributed by atoms with Crippen LogP contribution in [-0.2, 0) is 4.74 Å². The Labute approximate surface area is 121 Å². The molecule has 1 amide bonds. The van der Waals surface area contributed by atoms with Crippen LogP contribution in [0.25, 0.3) is 0 Å². The number of amides is 1. The molecule has 0 saturated carbocycles. The number of ether oxygens (including phenoxy) is 2. The van der Waals surface area contributed by atoms with Crippen LogP contribution in [0.3, 0.4) is 0 Å². The van der Waals surface area contributed by atoms with Crippen LogP contribution in [0.5, 0.6) is 5.75 Å². The zero-order valence-electron chi connectivity index (χ0n) is 11.5. The highest BCUT2D eigenvalue weighted by molar-refractivity contribution is 9.10. The maximum atomic E-state index is 11.7. The van der Waals surface area contributed by atoms with Gasteiger partial charge < -0.3 is 20.5 Å². The molecule has 1 aromatic rings. The highest BCUT2D eigenvalue weighted by Crippen LogP contribution is 2.31. The molecule has 6 heteroatoms. The number of para-hydroxylation sites is 1. The van der Waals surface area contributed by atoms with E-state index in [1.165, 1.54) is 0 Å². The Morgan fingerprint density at radius 1 is 1.42 bits per heavy atom. The van der Waals surface area contributed by atoms with E-state index in [0.29, 0.717) is 11.3 Å². The van der Waals surface area contributed by atoms with E-state index in [0.717, 1.165) is 4.47 Å². The Morgan fingerprint density at radius 2 is 2.05 bits per heavy atom. The molecule has 0 radical (unpaired) electrons. The summed E-state index contributed by atoms with van der Waals surface area (Å²) in [6.45, 7) is 5.37. The van der Waals surface area contributed by atoms with E-state index in [2.05, 4.69) is 21.2 Å². The average molecular weight is 331 g/mol. The molecule has 0 aromatic heterocycles. The van der Waals surface area contributed by atoms with Crippen molar-refractivity contribution in [2.75, 3.05) is 7.11 Å². The van der Waals surface area contributed by atoms with Gasteiger partial charge in [0.05, 0.1) is 11.6 Å². The van der Waals surface area contributed by atoms with Crippen molar-refractivity contribution in [3.8, 4) is 5.75 Å². The van der Waals surface area contributed by atoms with Gasteiger partial charge in [-0.25, -0.2) is 4.79 Å². The molecular formula is C13H19BrN2O3. The van der Waals surface area contributed by atoms with E-state index < -0.39 is 17.9 Å². The molecule has 0 unspecified atom stereocenters. The van der Waals surface area contributed by atoms with Crippen molar-refractivity contribution >= 4 is 22.0 Å². The minimum atomic E-state index is -0.706. The first-order valence-corrected chi connectivity index (χ1v) is 6.61. The molecule has 0 aliphatic heterocycles. The van der Waals surface area contributed by atoms with Crippen LogP contribution in [0, 0.1) is 0 Å². The maximum Gasteiger partial charge on any atom is 0.409 e. The van der Waals surface area contributed by atoms with Crippen molar-refractivity contribution in [2.45, 2.75) is 32.5 Å². The van der Waals surface area contributed by atoms with Gasteiger partial charge in [-0.15, -0.1) is 0 Å². The smallest absolute Gasteiger partial charge is 0.409 e.